The standard InChI is InChI=1S/C30H31Cl3N2O3/c31-23-16-15-22(26(33)18-23)19-35(29(36)20-38-28-14-8-7-13-25(28)32)27(17-21-9-3-1-4-10-21)30(37)34-24-11-5-2-6-12-24/h1,3-4,7-10,13-16,18,24,27H,2,5-6,11-12,17,19-20H2,(H,34,37)/t27-/m0/s1. The summed E-state index contributed by atoms with van der Waals surface area (Å²) in [5, 5.41) is 4.54. The summed E-state index contributed by atoms with van der Waals surface area (Å²) >= 11 is 18.9. The van der Waals surface area contributed by atoms with E-state index >= 15 is 0 Å². The van der Waals surface area contributed by atoms with E-state index in [4.69, 9.17) is 39.5 Å². The molecule has 1 saturated carbocycles. The van der Waals surface area contributed by atoms with Gasteiger partial charge in [-0.1, -0.05) is 103 Å². The maximum Gasteiger partial charge on any atom is 0.261 e. The quantitative estimate of drug-likeness (QED) is 0.281. The summed E-state index contributed by atoms with van der Waals surface area (Å²) in [4.78, 5) is 29.1. The first-order valence-corrected chi connectivity index (χ1v) is 14.0. The lowest BCUT2D eigenvalue weighted by atomic mass is 9.94. The molecule has 0 unspecified atom stereocenters. The fraction of sp³-hybridized carbons (Fsp3) is 0.333. The summed E-state index contributed by atoms with van der Waals surface area (Å²) in [5.41, 5.74) is 1.63. The Hall–Kier alpha value is -2.73. The van der Waals surface area contributed by atoms with Crippen molar-refractivity contribution in [1.82, 2.24) is 10.2 Å². The molecule has 1 aliphatic rings. The van der Waals surface area contributed by atoms with Gasteiger partial charge in [0.1, 0.15) is 11.8 Å². The molecule has 1 fully saturated rings. The van der Waals surface area contributed by atoms with Gasteiger partial charge in [0.05, 0.1) is 5.02 Å². The smallest absolute Gasteiger partial charge is 0.261 e. The van der Waals surface area contributed by atoms with E-state index in [-0.39, 0.29) is 31.0 Å². The average molecular weight is 574 g/mol. The number of carbonyl (C=O) groups is 2. The summed E-state index contributed by atoms with van der Waals surface area (Å²) in [6.07, 6.45) is 5.58. The minimum absolute atomic E-state index is 0.102. The normalized spacial score (nSPS) is 14.5. The fourth-order valence-corrected chi connectivity index (χ4v) is 5.37. The highest BCUT2D eigenvalue weighted by atomic mass is 35.5. The van der Waals surface area contributed by atoms with Crippen LogP contribution >= 0.6 is 34.8 Å². The van der Waals surface area contributed by atoms with Gasteiger partial charge in [0, 0.05) is 29.1 Å². The minimum atomic E-state index is -0.770. The highest BCUT2D eigenvalue weighted by Crippen LogP contribution is 2.26. The van der Waals surface area contributed by atoms with Crippen molar-refractivity contribution in [3.05, 3.63) is 99.0 Å². The molecule has 1 aliphatic carbocycles. The molecule has 2 amide bonds. The molecule has 1 atom stereocenters. The van der Waals surface area contributed by atoms with E-state index in [9.17, 15) is 9.59 Å². The molecule has 0 spiro atoms. The molecule has 0 heterocycles. The van der Waals surface area contributed by atoms with Crippen LogP contribution in [0.3, 0.4) is 0 Å². The molecule has 0 aliphatic heterocycles. The molecule has 0 bridgehead atoms. The van der Waals surface area contributed by atoms with Crippen molar-refractivity contribution in [3.8, 4) is 5.75 Å². The van der Waals surface area contributed by atoms with Crippen molar-refractivity contribution in [3.63, 3.8) is 0 Å². The van der Waals surface area contributed by atoms with Crippen LogP contribution in [-0.4, -0.2) is 35.4 Å². The van der Waals surface area contributed by atoms with Gasteiger partial charge in [-0.3, -0.25) is 9.59 Å². The SMILES string of the molecule is O=C(NC1CCCCC1)[C@H](Cc1ccccc1)N(Cc1ccc(Cl)cc1Cl)C(=O)COc1ccccc1Cl. The van der Waals surface area contributed by atoms with Crippen molar-refractivity contribution in [2.24, 2.45) is 0 Å². The number of halogens is 3. The van der Waals surface area contributed by atoms with Crippen molar-refractivity contribution >= 4 is 46.6 Å². The maximum atomic E-state index is 13.8. The zero-order chi connectivity index (χ0) is 26.9. The third-order valence-corrected chi connectivity index (χ3v) is 7.67. The highest BCUT2D eigenvalue weighted by Gasteiger charge is 2.32. The Morgan fingerprint density at radius 2 is 1.61 bits per heavy atom. The molecule has 3 aromatic carbocycles. The highest BCUT2D eigenvalue weighted by molar-refractivity contribution is 6.35. The van der Waals surface area contributed by atoms with Crippen LogP contribution < -0.4 is 10.1 Å². The van der Waals surface area contributed by atoms with Gasteiger partial charge in [-0.15, -0.1) is 0 Å². The lowest BCUT2D eigenvalue weighted by Gasteiger charge is -2.33. The number of carbonyl (C=O) groups excluding carboxylic acids is 2. The molecule has 200 valence electrons. The molecule has 1 N–H and O–H groups in total. The Bertz CT molecular complexity index is 1230. The van der Waals surface area contributed by atoms with Crippen LogP contribution in [0.5, 0.6) is 5.75 Å². The molecule has 5 nitrogen and oxygen atoms in total. The van der Waals surface area contributed by atoms with Crippen molar-refractivity contribution in [2.45, 2.75) is 57.2 Å². The van der Waals surface area contributed by atoms with Crippen LogP contribution in [0.4, 0.5) is 0 Å². The van der Waals surface area contributed by atoms with Crippen molar-refractivity contribution in [2.75, 3.05) is 6.61 Å². The lowest BCUT2D eigenvalue weighted by Crippen LogP contribution is -2.53. The second-order valence-corrected chi connectivity index (χ2v) is 10.8. The van der Waals surface area contributed by atoms with Crippen LogP contribution in [0.25, 0.3) is 0 Å². The monoisotopic (exact) mass is 572 g/mol. The molecule has 0 aromatic heterocycles. The van der Waals surface area contributed by atoms with E-state index in [2.05, 4.69) is 5.32 Å². The van der Waals surface area contributed by atoms with Gasteiger partial charge in [-0.05, 0) is 48.2 Å². The molecule has 4 rings (SSSR count). The molecule has 38 heavy (non-hydrogen) atoms. The first-order valence-electron chi connectivity index (χ1n) is 12.9. The van der Waals surface area contributed by atoms with E-state index in [1.165, 1.54) is 6.42 Å². The molecular formula is C30H31Cl3N2O3. The van der Waals surface area contributed by atoms with Crippen LogP contribution in [0.1, 0.15) is 43.2 Å². The first-order chi connectivity index (χ1) is 18.4. The number of nitrogens with zero attached hydrogens (tertiary/aromatic N) is 1. The fourth-order valence-electron chi connectivity index (χ4n) is 4.72. The lowest BCUT2D eigenvalue weighted by molar-refractivity contribution is -0.143. The van der Waals surface area contributed by atoms with Crippen molar-refractivity contribution in [1.29, 1.82) is 0 Å². The van der Waals surface area contributed by atoms with Gasteiger partial charge in [0.25, 0.3) is 5.91 Å². The predicted octanol–water partition coefficient (Wildman–Crippen LogP) is 7.11. The van der Waals surface area contributed by atoms with E-state index < -0.39 is 6.04 Å². The van der Waals surface area contributed by atoms with Gasteiger partial charge >= 0.3 is 0 Å². The second kappa shape index (κ2) is 13.9. The average Bonchev–Trinajstić information content (AvgIpc) is 2.92. The Morgan fingerprint density at radius 1 is 0.895 bits per heavy atom. The maximum absolute atomic E-state index is 13.8. The number of hydrogen-bond donors (Lipinski definition) is 1. The van der Waals surface area contributed by atoms with Crippen molar-refractivity contribution < 1.29 is 14.3 Å². The number of ether oxygens (including phenoxy) is 1. The second-order valence-electron chi connectivity index (χ2n) is 9.53. The largest absolute Gasteiger partial charge is 0.482 e. The molecule has 3 aromatic rings. The van der Waals surface area contributed by atoms with Gasteiger partial charge < -0.3 is 15.0 Å². The molecule has 8 heteroatoms. The van der Waals surface area contributed by atoms with E-state index in [1.807, 2.05) is 30.3 Å². The van der Waals surface area contributed by atoms with Gasteiger partial charge in [0.2, 0.25) is 5.91 Å². The number of hydrogen-bond acceptors (Lipinski definition) is 3. The zero-order valence-electron chi connectivity index (χ0n) is 21.0. The Kier molecular flexibility index (Phi) is 10.3. The summed E-state index contributed by atoms with van der Waals surface area (Å²) in [7, 11) is 0. The Morgan fingerprint density at radius 3 is 2.32 bits per heavy atom. The van der Waals surface area contributed by atoms with Crippen LogP contribution in [0.15, 0.2) is 72.8 Å². The zero-order valence-corrected chi connectivity index (χ0v) is 23.3. The van der Waals surface area contributed by atoms with E-state index in [0.29, 0.717) is 32.8 Å². The third kappa shape index (κ3) is 7.89. The van der Waals surface area contributed by atoms with Crippen LogP contribution in [0, 0.1) is 0 Å². The minimum Gasteiger partial charge on any atom is -0.482 e. The predicted molar refractivity (Wildman–Crippen MR) is 153 cm³/mol. The number of rotatable bonds is 10. The van der Waals surface area contributed by atoms with E-state index in [0.717, 1.165) is 31.2 Å². The summed E-state index contributed by atoms with van der Waals surface area (Å²) in [6.45, 7) is -0.159. The Labute approximate surface area is 239 Å². The molecular weight excluding hydrogens is 543 g/mol. The summed E-state index contributed by atoms with van der Waals surface area (Å²) < 4.78 is 5.79. The van der Waals surface area contributed by atoms with Gasteiger partial charge in [-0.25, -0.2) is 0 Å². The summed E-state index contributed by atoms with van der Waals surface area (Å²) in [5.74, 6) is -0.133. The van der Waals surface area contributed by atoms with Crippen LogP contribution in [0.2, 0.25) is 15.1 Å². The van der Waals surface area contributed by atoms with Crippen LogP contribution in [-0.2, 0) is 22.6 Å². The Balaban J connectivity index is 1.64. The topological polar surface area (TPSA) is 58.6 Å². The van der Waals surface area contributed by atoms with Gasteiger partial charge in [0.15, 0.2) is 6.61 Å². The number of nitrogens with one attached hydrogen (secondary N) is 1. The number of benzene rings is 3. The van der Waals surface area contributed by atoms with Gasteiger partial charge in [-0.2, -0.15) is 0 Å². The summed E-state index contributed by atoms with van der Waals surface area (Å²) in [6, 6.07) is 21.1. The molecule has 0 saturated heterocycles. The molecule has 0 radical (unpaired) electrons. The third-order valence-electron chi connectivity index (χ3n) is 6.77. The first kappa shape index (κ1) is 28.3. The number of amides is 2. The number of para-hydroxylation sites is 1. The van der Waals surface area contributed by atoms with E-state index in [1.54, 1.807) is 47.4 Å².